The highest BCUT2D eigenvalue weighted by Crippen LogP contribution is 2.36. The van der Waals surface area contributed by atoms with Crippen LogP contribution in [0.2, 0.25) is 0 Å². The maximum Gasteiger partial charge on any atom is 0.341 e. The maximum absolute atomic E-state index is 13.0. The van der Waals surface area contributed by atoms with E-state index in [0.717, 1.165) is 16.9 Å². The lowest BCUT2D eigenvalue weighted by Gasteiger charge is -2.19. The summed E-state index contributed by atoms with van der Waals surface area (Å²) < 4.78 is 13.1. The second kappa shape index (κ2) is 13.6. The van der Waals surface area contributed by atoms with Crippen molar-refractivity contribution in [3.8, 4) is 16.9 Å². The van der Waals surface area contributed by atoms with Gasteiger partial charge in [0.05, 0.1) is 12.4 Å². The molecule has 0 radical (unpaired) electrons. The number of benzene rings is 2. The molecule has 0 atom stereocenters. The molecule has 214 valence electrons. The molecule has 0 aliphatic carbocycles. The van der Waals surface area contributed by atoms with Crippen molar-refractivity contribution in [2.24, 2.45) is 0 Å². The predicted octanol–water partition coefficient (Wildman–Crippen LogP) is 6.98. The lowest BCUT2D eigenvalue weighted by molar-refractivity contribution is -0.113. The molecule has 4 rings (SSSR count). The Hall–Kier alpha value is -3.89. The highest BCUT2D eigenvalue weighted by atomic mass is 32.2. The van der Waals surface area contributed by atoms with Gasteiger partial charge >= 0.3 is 5.97 Å². The van der Waals surface area contributed by atoms with Crippen LogP contribution in [0.4, 0.5) is 5.00 Å². The number of hydrogen-bond acceptors (Lipinski definition) is 8. The van der Waals surface area contributed by atoms with E-state index >= 15 is 0 Å². The molecule has 0 aliphatic rings. The highest BCUT2D eigenvalue weighted by molar-refractivity contribution is 7.99. The van der Waals surface area contributed by atoms with Crippen molar-refractivity contribution >= 4 is 40.0 Å². The molecular weight excluding hydrogens is 556 g/mol. The van der Waals surface area contributed by atoms with E-state index in [1.54, 1.807) is 13.0 Å². The molecule has 1 amide bonds. The van der Waals surface area contributed by atoms with E-state index in [0.29, 0.717) is 28.1 Å². The van der Waals surface area contributed by atoms with Crippen LogP contribution in [0.25, 0.3) is 11.1 Å². The normalized spacial score (nSPS) is 11.2. The zero-order valence-electron chi connectivity index (χ0n) is 23.7. The van der Waals surface area contributed by atoms with Crippen molar-refractivity contribution in [2.75, 3.05) is 17.7 Å². The number of aromatic nitrogens is 3. The van der Waals surface area contributed by atoms with E-state index in [1.807, 2.05) is 52.4 Å². The van der Waals surface area contributed by atoms with Crippen LogP contribution in [-0.2, 0) is 28.1 Å². The van der Waals surface area contributed by atoms with Crippen molar-refractivity contribution in [3.63, 3.8) is 0 Å². The number of allylic oxidation sites excluding steroid dienone is 1. The van der Waals surface area contributed by atoms with Gasteiger partial charge < -0.3 is 14.8 Å². The lowest BCUT2D eigenvalue weighted by Crippen LogP contribution is -2.17. The topological polar surface area (TPSA) is 95.3 Å². The fourth-order valence-electron chi connectivity index (χ4n) is 4.02. The van der Waals surface area contributed by atoms with Gasteiger partial charge in [-0.05, 0) is 35.6 Å². The van der Waals surface area contributed by atoms with E-state index in [9.17, 15) is 9.59 Å². The number of thioether (sulfide) groups is 1. The minimum absolute atomic E-state index is 0.0646. The molecule has 2 aromatic carbocycles. The Balaban J connectivity index is 1.42. The molecule has 1 N–H and O–H groups in total. The summed E-state index contributed by atoms with van der Waals surface area (Å²) in [4.78, 5) is 25.8. The average molecular weight is 591 g/mol. The second-order valence-electron chi connectivity index (χ2n) is 10.1. The van der Waals surface area contributed by atoms with Crippen LogP contribution in [0.5, 0.6) is 5.75 Å². The second-order valence-corrected chi connectivity index (χ2v) is 12.0. The van der Waals surface area contributed by atoms with Crippen LogP contribution in [0.1, 0.15) is 49.4 Å². The molecule has 8 nitrogen and oxygen atoms in total. The lowest BCUT2D eigenvalue weighted by atomic mass is 9.87. The fraction of sp³-hybridized carbons (Fsp3) is 0.290. The number of rotatable bonds is 12. The number of thiophene rings is 1. The summed E-state index contributed by atoms with van der Waals surface area (Å²) in [7, 11) is 0. The SMILES string of the molecule is C=CCn1c(COc2ccc(C(C)(C)C)cc2)nnc1SCC(=O)Nc1scc(-c2ccccc2)c1C(=O)OCC. The summed E-state index contributed by atoms with van der Waals surface area (Å²) in [6.45, 7) is 13.0. The van der Waals surface area contributed by atoms with Crippen molar-refractivity contribution in [1.82, 2.24) is 14.8 Å². The Morgan fingerprint density at radius 1 is 1.10 bits per heavy atom. The monoisotopic (exact) mass is 590 g/mol. The molecule has 0 spiro atoms. The van der Waals surface area contributed by atoms with Gasteiger partial charge in [0.2, 0.25) is 5.91 Å². The van der Waals surface area contributed by atoms with Gasteiger partial charge in [-0.2, -0.15) is 0 Å². The summed E-state index contributed by atoms with van der Waals surface area (Å²) in [5, 5.41) is 14.3. The number of nitrogens with zero attached hydrogens (tertiary/aromatic N) is 3. The Morgan fingerprint density at radius 2 is 1.83 bits per heavy atom. The third-order valence-electron chi connectivity index (χ3n) is 6.13. The highest BCUT2D eigenvalue weighted by Gasteiger charge is 2.23. The van der Waals surface area contributed by atoms with Gasteiger partial charge in [-0.1, -0.05) is 81.1 Å². The third-order valence-corrected chi connectivity index (χ3v) is 8.00. The first kappa shape index (κ1) is 30.1. The van der Waals surface area contributed by atoms with Crippen LogP contribution in [0, 0.1) is 0 Å². The summed E-state index contributed by atoms with van der Waals surface area (Å²) >= 11 is 2.54. The maximum atomic E-state index is 13.0. The van der Waals surface area contributed by atoms with Crippen LogP contribution >= 0.6 is 23.1 Å². The molecule has 0 bridgehead atoms. The van der Waals surface area contributed by atoms with Crippen LogP contribution in [0.15, 0.2) is 77.8 Å². The minimum Gasteiger partial charge on any atom is -0.486 e. The molecule has 41 heavy (non-hydrogen) atoms. The Morgan fingerprint density at radius 3 is 2.49 bits per heavy atom. The number of nitrogens with one attached hydrogen (secondary N) is 1. The van der Waals surface area contributed by atoms with E-state index < -0.39 is 5.97 Å². The van der Waals surface area contributed by atoms with Gasteiger partial charge in [0.1, 0.15) is 22.9 Å². The van der Waals surface area contributed by atoms with Gasteiger partial charge in [-0.3, -0.25) is 9.36 Å². The molecule has 0 saturated carbocycles. The van der Waals surface area contributed by atoms with Crippen molar-refractivity contribution in [3.05, 3.63) is 89.6 Å². The average Bonchev–Trinajstić information content (AvgIpc) is 3.55. The summed E-state index contributed by atoms with van der Waals surface area (Å²) in [5.74, 6) is 0.697. The Labute approximate surface area is 248 Å². The summed E-state index contributed by atoms with van der Waals surface area (Å²) in [6, 6.07) is 17.6. The third kappa shape index (κ3) is 7.65. The Bertz CT molecular complexity index is 1490. The van der Waals surface area contributed by atoms with Crippen molar-refractivity contribution < 1.29 is 19.1 Å². The zero-order valence-corrected chi connectivity index (χ0v) is 25.3. The minimum atomic E-state index is -0.473. The van der Waals surface area contributed by atoms with E-state index in [1.165, 1.54) is 28.7 Å². The molecule has 0 unspecified atom stereocenters. The van der Waals surface area contributed by atoms with Gasteiger partial charge in [-0.15, -0.1) is 28.1 Å². The summed E-state index contributed by atoms with van der Waals surface area (Å²) in [6.07, 6.45) is 1.75. The molecular formula is C31H34N4O4S2. The Kier molecular flexibility index (Phi) is 10.0. The molecule has 2 heterocycles. The largest absolute Gasteiger partial charge is 0.486 e. The van der Waals surface area contributed by atoms with Gasteiger partial charge in [0.15, 0.2) is 11.0 Å². The van der Waals surface area contributed by atoms with E-state index in [4.69, 9.17) is 9.47 Å². The molecule has 0 fully saturated rings. The molecule has 0 saturated heterocycles. The number of ether oxygens (including phenoxy) is 2. The number of anilines is 1. The van der Waals surface area contributed by atoms with E-state index in [-0.39, 0.29) is 30.3 Å². The summed E-state index contributed by atoms with van der Waals surface area (Å²) in [5.41, 5.74) is 3.24. The molecule has 0 aliphatic heterocycles. The zero-order chi connectivity index (χ0) is 29.4. The van der Waals surface area contributed by atoms with Crippen LogP contribution in [-0.4, -0.2) is 39.0 Å². The number of amides is 1. The first-order valence-corrected chi connectivity index (χ1v) is 15.1. The predicted molar refractivity (Wildman–Crippen MR) is 165 cm³/mol. The van der Waals surface area contributed by atoms with Gasteiger partial charge in [-0.25, -0.2) is 4.79 Å². The van der Waals surface area contributed by atoms with Gasteiger partial charge in [0, 0.05) is 17.5 Å². The van der Waals surface area contributed by atoms with Crippen LogP contribution in [0.3, 0.4) is 0 Å². The van der Waals surface area contributed by atoms with Crippen LogP contribution < -0.4 is 10.1 Å². The quantitative estimate of drug-likeness (QED) is 0.108. The molecule has 10 heteroatoms. The number of esters is 1. The number of carbonyl (C=O) groups is 2. The standard InChI is InChI=1S/C31H34N4O4S2/c1-6-17-35-25(18-39-23-15-13-22(14-16-23)31(3,4)5)33-34-30(35)41-20-26(36)32-28-27(29(37)38-7-2)24(19-40-28)21-11-9-8-10-12-21/h6,8-16,19H,1,7,17-18,20H2,2-5H3,(H,32,36). The fourth-order valence-corrected chi connectivity index (χ4v) is 5.76. The van der Waals surface area contributed by atoms with Gasteiger partial charge in [0.25, 0.3) is 0 Å². The first-order chi connectivity index (χ1) is 19.7. The smallest absolute Gasteiger partial charge is 0.341 e. The number of carbonyl (C=O) groups excluding carboxylic acids is 2. The molecule has 2 aromatic heterocycles. The van der Waals surface area contributed by atoms with Crippen molar-refractivity contribution in [1.29, 1.82) is 0 Å². The van der Waals surface area contributed by atoms with Crippen molar-refractivity contribution in [2.45, 2.75) is 51.4 Å². The van der Waals surface area contributed by atoms with E-state index in [2.05, 4.69) is 55.0 Å². The molecule has 4 aromatic rings. The first-order valence-electron chi connectivity index (χ1n) is 13.2. The number of hydrogen-bond donors (Lipinski definition) is 1.